The van der Waals surface area contributed by atoms with Gasteiger partial charge in [-0.1, -0.05) is 59.3 Å². The van der Waals surface area contributed by atoms with Crippen LogP contribution >= 0.6 is 11.3 Å². The number of H-pyrrole nitrogens is 1. The first-order valence-electron chi connectivity index (χ1n) is 11.0. The molecular weight excluding hydrogens is 479 g/mol. The molecule has 7 nitrogen and oxygen atoms in total. The van der Waals surface area contributed by atoms with Gasteiger partial charge in [0, 0.05) is 10.9 Å². The number of nitrogens with one attached hydrogen (secondary N) is 1. The minimum atomic E-state index is -0.797. The molecule has 0 fully saturated rings. The van der Waals surface area contributed by atoms with Crippen molar-refractivity contribution in [1.29, 1.82) is 0 Å². The number of hydrogen-bond donors (Lipinski definition) is 2. The van der Waals surface area contributed by atoms with Crippen molar-refractivity contribution in [3.63, 3.8) is 0 Å². The van der Waals surface area contributed by atoms with Gasteiger partial charge < -0.3 is 5.73 Å². The molecule has 0 radical (unpaired) electrons. The smallest absolute Gasteiger partial charge is 0.397 e. The van der Waals surface area contributed by atoms with Crippen LogP contribution < -0.4 is 16.0 Å². The number of nitrogen functional groups attached to an aromatic ring is 1. The molecule has 0 amide bonds. The van der Waals surface area contributed by atoms with Gasteiger partial charge in [-0.3, -0.25) is 9.32 Å². The summed E-state index contributed by atoms with van der Waals surface area (Å²) in [4.78, 5) is 31.0. The van der Waals surface area contributed by atoms with Crippen LogP contribution in [0.25, 0.3) is 43.4 Å². The lowest BCUT2D eigenvalue weighted by molar-refractivity contribution is -0.741. The summed E-state index contributed by atoms with van der Waals surface area (Å²) in [6, 6.07) is 22.0. The van der Waals surface area contributed by atoms with Gasteiger partial charge in [-0.2, -0.15) is 0 Å². The zero-order valence-electron chi connectivity index (χ0n) is 18.9. The number of pyridine rings is 1. The molecule has 0 aliphatic carbocycles. The average Bonchev–Trinajstić information content (AvgIpc) is 3.40. The summed E-state index contributed by atoms with van der Waals surface area (Å²) in [7, 11) is 1.50. The van der Waals surface area contributed by atoms with E-state index in [2.05, 4.69) is 5.27 Å². The predicted molar refractivity (Wildman–Crippen MR) is 136 cm³/mol. The molecule has 0 spiro atoms. The van der Waals surface area contributed by atoms with Crippen molar-refractivity contribution in [3.05, 3.63) is 99.6 Å². The van der Waals surface area contributed by atoms with Crippen LogP contribution in [0.5, 0.6) is 0 Å². The summed E-state index contributed by atoms with van der Waals surface area (Å²) in [6.45, 7) is 0. The van der Waals surface area contributed by atoms with Gasteiger partial charge in [-0.25, -0.2) is 14.2 Å². The second-order valence-corrected chi connectivity index (χ2v) is 9.33. The van der Waals surface area contributed by atoms with Crippen LogP contribution in [-0.2, 0) is 7.05 Å². The Hall–Kier alpha value is -4.63. The Morgan fingerprint density at radius 2 is 1.83 bits per heavy atom. The van der Waals surface area contributed by atoms with Crippen molar-refractivity contribution in [2.45, 2.75) is 0 Å². The molecule has 3 aromatic carbocycles. The number of aryl methyl sites for hydroxylation is 1. The molecule has 0 aliphatic heterocycles. The number of carbonyl (C=O) groups is 1. The SMILES string of the molecule is C[n+]1[nH]oc(=O)c1C(=O)c1sc2nc(-c3cccc4ccccc34)cc(-c3cccc(F)c3)c2c1N. The van der Waals surface area contributed by atoms with E-state index < -0.39 is 17.2 Å². The van der Waals surface area contributed by atoms with E-state index in [1.807, 2.05) is 48.5 Å². The van der Waals surface area contributed by atoms with E-state index in [-0.39, 0.29) is 16.3 Å². The summed E-state index contributed by atoms with van der Waals surface area (Å²) < 4.78 is 20.2. The number of ketones is 1. The van der Waals surface area contributed by atoms with E-state index >= 15 is 0 Å². The lowest BCUT2D eigenvalue weighted by atomic mass is 9.97. The maximum Gasteiger partial charge on any atom is 0.438 e. The zero-order chi connectivity index (χ0) is 25.0. The number of rotatable bonds is 4. The predicted octanol–water partition coefficient (Wildman–Crippen LogP) is 4.84. The molecule has 0 unspecified atom stereocenters. The van der Waals surface area contributed by atoms with Gasteiger partial charge in [-0.05, 0) is 45.4 Å². The molecule has 3 N–H and O–H groups in total. The zero-order valence-corrected chi connectivity index (χ0v) is 19.7. The Balaban J connectivity index is 1.66. The van der Waals surface area contributed by atoms with Gasteiger partial charge in [0.25, 0.3) is 5.78 Å². The van der Waals surface area contributed by atoms with Crippen LogP contribution in [0.2, 0.25) is 0 Å². The molecule has 3 heterocycles. The lowest BCUT2D eigenvalue weighted by Gasteiger charge is -2.11. The van der Waals surface area contributed by atoms with Crippen LogP contribution in [0.15, 0.2) is 82.1 Å². The van der Waals surface area contributed by atoms with E-state index in [4.69, 9.17) is 15.2 Å². The van der Waals surface area contributed by atoms with Crippen molar-refractivity contribution in [2.75, 3.05) is 5.73 Å². The van der Waals surface area contributed by atoms with Crippen molar-refractivity contribution in [1.82, 2.24) is 10.3 Å². The van der Waals surface area contributed by atoms with Crippen molar-refractivity contribution < 1.29 is 18.4 Å². The molecule has 176 valence electrons. The topological polar surface area (TPSA) is 106 Å². The number of aromatic nitrogens is 3. The minimum Gasteiger partial charge on any atom is -0.397 e. The Bertz CT molecular complexity index is 1880. The normalized spacial score (nSPS) is 11.4. The van der Waals surface area contributed by atoms with Crippen LogP contribution in [0, 0.1) is 5.82 Å². The van der Waals surface area contributed by atoms with Crippen LogP contribution in [0.4, 0.5) is 10.1 Å². The number of fused-ring (bicyclic) bond motifs is 2. The van der Waals surface area contributed by atoms with Gasteiger partial charge >= 0.3 is 11.3 Å². The number of thiophene rings is 1. The maximum absolute atomic E-state index is 14.2. The van der Waals surface area contributed by atoms with E-state index in [9.17, 15) is 14.0 Å². The molecule has 3 aromatic heterocycles. The van der Waals surface area contributed by atoms with Gasteiger partial charge in [0.2, 0.25) is 0 Å². The highest BCUT2D eigenvalue weighted by molar-refractivity contribution is 7.21. The third-order valence-electron chi connectivity index (χ3n) is 6.13. The molecule has 0 saturated carbocycles. The highest BCUT2D eigenvalue weighted by atomic mass is 32.1. The summed E-state index contributed by atoms with van der Waals surface area (Å²) in [5.74, 6) is -0.976. The van der Waals surface area contributed by atoms with E-state index in [0.29, 0.717) is 27.0 Å². The van der Waals surface area contributed by atoms with Crippen molar-refractivity contribution in [3.8, 4) is 22.4 Å². The number of anilines is 1. The van der Waals surface area contributed by atoms with E-state index in [0.717, 1.165) is 27.7 Å². The third kappa shape index (κ3) is 3.40. The Morgan fingerprint density at radius 3 is 2.61 bits per heavy atom. The number of halogens is 1. The number of nitrogens with zero attached hydrogens (tertiary/aromatic N) is 2. The number of aromatic amines is 1. The second-order valence-electron chi connectivity index (χ2n) is 8.33. The molecule has 6 rings (SSSR count). The fourth-order valence-electron chi connectivity index (χ4n) is 4.45. The van der Waals surface area contributed by atoms with Gasteiger partial charge in [-0.15, -0.1) is 11.3 Å². The largest absolute Gasteiger partial charge is 0.438 e. The van der Waals surface area contributed by atoms with Crippen LogP contribution in [-0.4, -0.2) is 16.0 Å². The molecule has 6 aromatic rings. The molecule has 0 bridgehead atoms. The number of carbonyl (C=O) groups excluding carboxylic acids is 1. The lowest BCUT2D eigenvalue weighted by Crippen LogP contribution is -2.39. The second kappa shape index (κ2) is 8.24. The fourth-order valence-corrected chi connectivity index (χ4v) is 5.51. The van der Waals surface area contributed by atoms with Crippen LogP contribution in [0.3, 0.4) is 0 Å². The summed E-state index contributed by atoms with van der Waals surface area (Å²) in [5.41, 5.74) is 8.49. The molecule has 36 heavy (non-hydrogen) atoms. The molecular formula is C27H18FN4O3S+. The molecule has 0 saturated heterocycles. The number of hydrogen-bond acceptors (Lipinski definition) is 6. The van der Waals surface area contributed by atoms with E-state index in [1.165, 1.54) is 23.9 Å². The Labute approximate surface area is 207 Å². The first-order chi connectivity index (χ1) is 17.4. The molecule has 0 atom stereocenters. The average molecular weight is 498 g/mol. The first-order valence-corrected chi connectivity index (χ1v) is 11.8. The van der Waals surface area contributed by atoms with E-state index in [1.54, 1.807) is 12.1 Å². The minimum absolute atomic E-state index is 0.160. The number of nitrogens with two attached hydrogens (primary N) is 1. The standard InChI is InChI=1S/C27H17FN4O3S/c1-32-23(27(34)35-31-32)24(33)25-22(29)21-19(15-8-4-9-16(28)12-15)13-20(30-26(21)36-25)18-11-5-7-14-6-2-3-10-17(14)18/h2-13H,1H3,(H2-,29,31,33,34)/p+1. The Morgan fingerprint density at radius 1 is 1.06 bits per heavy atom. The highest BCUT2D eigenvalue weighted by Crippen LogP contribution is 2.42. The number of benzene rings is 3. The van der Waals surface area contributed by atoms with Gasteiger partial charge in [0.1, 0.15) is 15.5 Å². The molecule has 0 aliphatic rings. The monoisotopic (exact) mass is 497 g/mol. The van der Waals surface area contributed by atoms with Crippen molar-refractivity contribution in [2.24, 2.45) is 7.05 Å². The molecule has 9 heteroatoms. The highest BCUT2D eigenvalue weighted by Gasteiger charge is 2.32. The van der Waals surface area contributed by atoms with Gasteiger partial charge in [0.15, 0.2) is 7.05 Å². The maximum atomic E-state index is 14.2. The summed E-state index contributed by atoms with van der Waals surface area (Å²) in [5, 5.41) is 4.94. The van der Waals surface area contributed by atoms with Crippen LogP contribution in [0.1, 0.15) is 15.4 Å². The Kier molecular flexibility index (Phi) is 5.01. The van der Waals surface area contributed by atoms with Gasteiger partial charge in [0.05, 0.1) is 11.4 Å². The summed E-state index contributed by atoms with van der Waals surface area (Å²) >= 11 is 1.09. The third-order valence-corrected chi connectivity index (χ3v) is 7.22. The summed E-state index contributed by atoms with van der Waals surface area (Å²) in [6.07, 6.45) is 0. The quantitative estimate of drug-likeness (QED) is 0.268. The fraction of sp³-hybridized carbons (Fsp3) is 0.0370. The van der Waals surface area contributed by atoms with Crippen molar-refractivity contribution >= 4 is 43.8 Å². The first kappa shape index (κ1) is 21.9.